The molecular formula is C23H31ClF3NO2. The molecule has 1 N–H and O–H groups in total. The molecule has 1 fully saturated rings. The number of nitrogens with zero attached hydrogens (tertiary/aromatic N) is 1. The number of rotatable bonds is 2. The van der Waals surface area contributed by atoms with Crippen molar-refractivity contribution in [3.05, 3.63) is 70.7 Å². The Bertz CT molecular complexity index is 682. The number of piperidine rings is 1. The fraction of sp³-hybridized carbons (Fsp3) is 0.435. The first-order valence-electron chi connectivity index (χ1n) is 9.97. The van der Waals surface area contributed by atoms with Crippen molar-refractivity contribution in [1.29, 1.82) is 0 Å². The molecule has 0 atom stereocenters. The maximum absolute atomic E-state index is 11.8. The maximum atomic E-state index is 11.8. The average molecular weight is 446 g/mol. The van der Waals surface area contributed by atoms with E-state index >= 15 is 0 Å². The van der Waals surface area contributed by atoms with Crippen LogP contribution in [-0.4, -0.2) is 29.1 Å². The molecule has 0 bridgehead atoms. The van der Waals surface area contributed by atoms with E-state index < -0.39 is 17.7 Å². The molecule has 0 spiro atoms. The summed E-state index contributed by atoms with van der Waals surface area (Å²) in [5, 5.41) is 8.24. The highest BCUT2D eigenvalue weighted by Crippen LogP contribution is 2.28. The minimum Gasteiger partial charge on any atom is -0.481 e. The van der Waals surface area contributed by atoms with Gasteiger partial charge in [-0.3, -0.25) is 9.69 Å². The zero-order valence-electron chi connectivity index (χ0n) is 17.8. The van der Waals surface area contributed by atoms with E-state index in [-0.39, 0.29) is 0 Å². The normalized spacial score (nSPS) is 13.4. The predicted octanol–water partition coefficient (Wildman–Crippen LogP) is 7.15. The SMILES string of the molecule is CC.CC(=O)O.Clc1ccc(CN2CCCCC2)cc1.FC(F)(F)c1ccccc1. The Morgan fingerprint density at radius 2 is 1.43 bits per heavy atom. The number of carboxylic acids is 1. The second kappa shape index (κ2) is 15.7. The second-order valence-electron chi connectivity index (χ2n) is 6.35. The van der Waals surface area contributed by atoms with Crippen LogP contribution in [0.2, 0.25) is 5.02 Å². The standard InChI is InChI=1S/C12H16ClN.C7H5F3.C2H4O2.C2H6/c13-12-6-4-11(5-7-12)10-14-8-2-1-3-9-14;8-7(9,10)6-4-2-1-3-5-6;1-2(3)4;1-2/h4-7H,1-3,8-10H2;1-5H;1H3,(H,3,4);1-2H3. The summed E-state index contributed by atoms with van der Waals surface area (Å²) in [6, 6.07) is 14.6. The molecular weight excluding hydrogens is 415 g/mol. The van der Waals surface area contributed by atoms with E-state index in [1.54, 1.807) is 6.07 Å². The van der Waals surface area contributed by atoms with E-state index in [2.05, 4.69) is 17.0 Å². The van der Waals surface area contributed by atoms with Gasteiger partial charge in [0.05, 0.1) is 5.56 Å². The second-order valence-corrected chi connectivity index (χ2v) is 6.78. The summed E-state index contributed by atoms with van der Waals surface area (Å²) in [7, 11) is 0. The molecule has 0 aliphatic carbocycles. The minimum absolute atomic E-state index is 0.602. The molecule has 3 rings (SSSR count). The van der Waals surface area contributed by atoms with Crippen molar-refractivity contribution in [2.24, 2.45) is 0 Å². The third-order valence-corrected chi connectivity index (χ3v) is 4.12. The van der Waals surface area contributed by atoms with Gasteiger partial charge in [0.1, 0.15) is 0 Å². The van der Waals surface area contributed by atoms with Crippen LogP contribution in [-0.2, 0) is 17.5 Å². The van der Waals surface area contributed by atoms with Crippen LogP contribution in [0.15, 0.2) is 54.6 Å². The van der Waals surface area contributed by atoms with Crippen LogP contribution in [0.3, 0.4) is 0 Å². The van der Waals surface area contributed by atoms with Gasteiger partial charge in [-0.15, -0.1) is 0 Å². The lowest BCUT2D eigenvalue weighted by molar-refractivity contribution is -0.137. The van der Waals surface area contributed by atoms with Crippen LogP contribution in [0.1, 0.15) is 51.2 Å². The fourth-order valence-electron chi connectivity index (χ4n) is 2.59. The van der Waals surface area contributed by atoms with Gasteiger partial charge in [0.25, 0.3) is 5.97 Å². The summed E-state index contributed by atoms with van der Waals surface area (Å²) in [4.78, 5) is 11.5. The number of halogens is 4. The van der Waals surface area contributed by atoms with Gasteiger partial charge in [0.2, 0.25) is 0 Å². The summed E-state index contributed by atoms with van der Waals surface area (Å²) in [6.45, 7) is 8.67. The Morgan fingerprint density at radius 3 is 1.83 bits per heavy atom. The Morgan fingerprint density at radius 1 is 0.967 bits per heavy atom. The molecule has 168 valence electrons. The lowest BCUT2D eigenvalue weighted by Crippen LogP contribution is -2.28. The first kappa shape index (κ1) is 27.9. The number of aliphatic carboxylic acids is 1. The monoisotopic (exact) mass is 445 g/mol. The van der Waals surface area contributed by atoms with Gasteiger partial charge in [0, 0.05) is 18.5 Å². The molecule has 0 amide bonds. The third kappa shape index (κ3) is 14.0. The van der Waals surface area contributed by atoms with Crippen molar-refractivity contribution in [3.63, 3.8) is 0 Å². The maximum Gasteiger partial charge on any atom is 0.416 e. The molecule has 1 aliphatic rings. The number of alkyl halides is 3. The van der Waals surface area contributed by atoms with E-state index in [9.17, 15) is 13.2 Å². The molecule has 0 aromatic heterocycles. The molecule has 1 aliphatic heterocycles. The van der Waals surface area contributed by atoms with Crippen molar-refractivity contribution in [2.45, 2.75) is 52.8 Å². The Kier molecular flexibility index (Phi) is 14.7. The van der Waals surface area contributed by atoms with Crippen LogP contribution >= 0.6 is 11.6 Å². The highest BCUT2D eigenvalue weighted by Gasteiger charge is 2.29. The number of hydrogen-bond donors (Lipinski definition) is 1. The number of hydrogen-bond acceptors (Lipinski definition) is 2. The van der Waals surface area contributed by atoms with Gasteiger partial charge in [-0.2, -0.15) is 13.2 Å². The Balaban J connectivity index is 0.000000461. The molecule has 0 saturated carbocycles. The highest BCUT2D eigenvalue weighted by molar-refractivity contribution is 6.30. The Hall–Kier alpha value is -2.05. The number of carboxylic acid groups (broad SMARTS) is 1. The van der Waals surface area contributed by atoms with Crippen LogP contribution in [0.4, 0.5) is 13.2 Å². The zero-order valence-corrected chi connectivity index (χ0v) is 18.5. The molecule has 1 heterocycles. The Labute approximate surface area is 182 Å². The molecule has 1 saturated heterocycles. The molecule has 0 radical (unpaired) electrons. The van der Waals surface area contributed by atoms with Gasteiger partial charge in [0.15, 0.2) is 0 Å². The smallest absolute Gasteiger partial charge is 0.416 e. The van der Waals surface area contributed by atoms with E-state index in [0.29, 0.717) is 0 Å². The largest absolute Gasteiger partial charge is 0.481 e. The van der Waals surface area contributed by atoms with Gasteiger partial charge in [-0.25, -0.2) is 0 Å². The van der Waals surface area contributed by atoms with E-state index in [1.807, 2.05) is 26.0 Å². The zero-order chi connectivity index (χ0) is 23.0. The summed E-state index contributed by atoms with van der Waals surface area (Å²) in [5.74, 6) is -0.833. The lowest BCUT2D eigenvalue weighted by Gasteiger charge is -2.26. The summed E-state index contributed by atoms with van der Waals surface area (Å²) in [5.41, 5.74) is 0.770. The molecule has 3 nitrogen and oxygen atoms in total. The highest BCUT2D eigenvalue weighted by atomic mass is 35.5. The summed E-state index contributed by atoms with van der Waals surface area (Å²) < 4.78 is 35.4. The number of benzene rings is 2. The first-order chi connectivity index (χ1) is 14.2. The van der Waals surface area contributed by atoms with Crippen LogP contribution in [0.25, 0.3) is 0 Å². The van der Waals surface area contributed by atoms with Crippen LogP contribution in [0, 0.1) is 0 Å². The molecule has 2 aromatic rings. The molecule has 7 heteroatoms. The lowest BCUT2D eigenvalue weighted by atomic mass is 10.1. The van der Waals surface area contributed by atoms with E-state index in [0.717, 1.165) is 30.6 Å². The van der Waals surface area contributed by atoms with Crippen molar-refractivity contribution in [1.82, 2.24) is 4.90 Å². The van der Waals surface area contributed by atoms with Gasteiger partial charge >= 0.3 is 6.18 Å². The van der Waals surface area contributed by atoms with Crippen molar-refractivity contribution >= 4 is 17.6 Å². The first-order valence-corrected chi connectivity index (χ1v) is 10.3. The minimum atomic E-state index is -4.21. The van der Waals surface area contributed by atoms with E-state index in [1.165, 1.54) is 50.0 Å². The van der Waals surface area contributed by atoms with Crippen LogP contribution < -0.4 is 0 Å². The van der Waals surface area contributed by atoms with Crippen molar-refractivity contribution in [3.8, 4) is 0 Å². The summed E-state index contributed by atoms with van der Waals surface area (Å²) >= 11 is 5.84. The average Bonchev–Trinajstić information content (AvgIpc) is 2.72. The molecule has 30 heavy (non-hydrogen) atoms. The van der Waals surface area contributed by atoms with Crippen molar-refractivity contribution in [2.75, 3.05) is 13.1 Å². The summed E-state index contributed by atoms with van der Waals surface area (Å²) in [6.07, 6.45) is -0.0977. The quantitative estimate of drug-likeness (QED) is 0.533. The topological polar surface area (TPSA) is 40.5 Å². The van der Waals surface area contributed by atoms with Crippen LogP contribution in [0.5, 0.6) is 0 Å². The van der Waals surface area contributed by atoms with Gasteiger partial charge in [-0.1, -0.05) is 74.3 Å². The number of likely N-dealkylation sites (tertiary alicyclic amines) is 1. The number of carbonyl (C=O) groups is 1. The fourth-order valence-corrected chi connectivity index (χ4v) is 2.72. The predicted molar refractivity (Wildman–Crippen MR) is 117 cm³/mol. The third-order valence-electron chi connectivity index (χ3n) is 3.87. The van der Waals surface area contributed by atoms with Gasteiger partial charge in [-0.05, 0) is 43.6 Å². The van der Waals surface area contributed by atoms with Crippen molar-refractivity contribution < 1.29 is 23.1 Å². The van der Waals surface area contributed by atoms with E-state index in [4.69, 9.17) is 21.5 Å². The van der Waals surface area contributed by atoms with Gasteiger partial charge < -0.3 is 5.11 Å². The molecule has 2 aromatic carbocycles. The molecule has 0 unspecified atom stereocenters.